The van der Waals surface area contributed by atoms with Crippen LogP contribution in [0.1, 0.15) is 10.4 Å². The molecule has 2 aromatic rings. The van der Waals surface area contributed by atoms with Gasteiger partial charge in [-0.1, -0.05) is 23.7 Å². The summed E-state index contributed by atoms with van der Waals surface area (Å²) < 4.78 is 13.6. The molecule has 0 fully saturated rings. The third kappa shape index (κ3) is 2.60. The maximum absolute atomic E-state index is 13.6. The van der Waals surface area contributed by atoms with Gasteiger partial charge >= 0.3 is 5.97 Å². The lowest BCUT2D eigenvalue weighted by Crippen LogP contribution is -2.03. The fourth-order valence-corrected chi connectivity index (χ4v) is 1.67. The van der Waals surface area contributed by atoms with E-state index in [2.05, 4.69) is 5.32 Å². The van der Waals surface area contributed by atoms with Crippen molar-refractivity contribution in [2.45, 2.75) is 0 Å². The van der Waals surface area contributed by atoms with Crippen molar-refractivity contribution in [1.82, 2.24) is 0 Å². The van der Waals surface area contributed by atoms with Gasteiger partial charge in [-0.15, -0.1) is 0 Å². The van der Waals surface area contributed by atoms with Crippen LogP contribution in [-0.4, -0.2) is 11.1 Å². The van der Waals surface area contributed by atoms with Crippen LogP contribution in [0.5, 0.6) is 0 Å². The highest BCUT2D eigenvalue weighted by atomic mass is 35.5. The minimum Gasteiger partial charge on any atom is -0.478 e. The molecule has 0 aromatic heterocycles. The number of benzene rings is 2. The number of para-hydroxylation sites is 1. The van der Waals surface area contributed by atoms with E-state index in [-0.39, 0.29) is 16.3 Å². The molecule has 0 saturated heterocycles. The number of hydrogen-bond acceptors (Lipinski definition) is 2. The Morgan fingerprint density at radius 1 is 1.17 bits per heavy atom. The number of hydrogen-bond donors (Lipinski definition) is 2. The van der Waals surface area contributed by atoms with Gasteiger partial charge < -0.3 is 10.4 Å². The van der Waals surface area contributed by atoms with Crippen molar-refractivity contribution in [2.75, 3.05) is 5.32 Å². The number of nitrogens with one attached hydrogen (secondary N) is 1. The molecule has 0 saturated carbocycles. The van der Waals surface area contributed by atoms with Crippen molar-refractivity contribution < 1.29 is 14.3 Å². The highest BCUT2D eigenvalue weighted by molar-refractivity contribution is 6.30. The predicted molar refractivity (Wildman–Crippen MR) is 68.1 cm³/mol. The van der Waals surface area contributed by atoms with Crippen LogP contribution < -0.4 is 5.32 Å². The third-order valence-corrected chi connectivity index (χ3v) is 2.59. The molecule has 0 unspecified atom stereocenters. The molecule has 0 amide bonds. The van der Waals surface area contributed by atoms with Gasteiger partial charge in [-0.25, -0.2) is 9.18 Å². The van der Waals surface area contributed by atoms with E-state index in [1.54, 1.807) is 18.2 Å². The quantitative estimate of drug-likeness (QED) is 0.884. The number of carboxylic acids is 1. The van der Waals surface area contributed by atoms with Crippen LogP contribution in [0.25, 0.3) is 0 Å². The van der Waals surface area contributed by atoms with Crippen LogP contribution in [0, 0.1) is 5.82 Å². The number of anilines is 2. The van der Waals surface area contributed by atoms with Gasteiger partial charge in [-0.3, -0.25) is 0 Å². The Kier molecular flexibility index (Phi) is 3.48. The minimum absolute atomic E-state index is 0.0758. The van der Waals surface area contributed by atoms with Crippen LogP contribution in [-0.2, 0) is 0 Å². The molecule has 2 N–H and O–H groups in total. The summed E-state index contributed by atoms with van der Waals surface area (Å²) >= 11 is 5.64. The summed E-state index contributed by atoms with van der Waals surface area (Å²) in [4.78, 5) is 11.0. The van der Waals surface area contributed by atoms with E-state index in [9.17, 15) is 9.18 Å². The summed E-state index contributed by atoms with van der Waals surface area (Å²) in [6, 6.07) is 10.4. The third-order valence-electron chi connectivity index (χ3n) is 2.36. The van der Waals surface area contributed by atoms with Crippen molar-refractivity contribution >= 4 is 28.9 Å². The Bertz CT molecular complexity index is 601. The lowest BCUT2D eigenvalue weighted by molar-refractivity contribution is 0.0698. The maximum Gasteiger partial charge on any atom is 0.337 e. The van der Waals surface area contributed by atoms with Crippen LogP contribution in [0.4, 0.5) is 15.8 Å². The van der Waals surface area contributed by atoms with Crippen LogP contribution >= 0.6 is 11.6 Å². The van der Waals surface area contributed by atoms with E-state index in [1.165, 1.54) is 18.2 Å². The summed E-state index contributed by atoms with van der Waals surface area (Å²) in [5, 5.41) is 12.0. The minimum atomic E-state index is -1.08. The molecule has 5 heteroatoms. The number of halogens is 2. The molecule has 92 valence electrons. The second kappa shape index (κ2) is 5.06. The van der Waals surface area contributed by atoms with Crippen LogP contribution in [0.3, 0.4) is 0 Å². The molecular weight excluding hydrogens is 257 g/mol. The van der Waals surface area contributed by atoms with E-state index >= 15 is 0 Å². The Morgan fingerprint density at radius 2 is 1.89 bits per heavy atom. The lowest BCUT2D eigenvalue weighted by Gasteiger charge is -2.10. The normalized spacial score (nSPS) is 10.1. The number of aromatic carboxylic acids is 1. The monoisotopic (exact) mass is 265 g/mol. The summed E-state index contributed by atoms with van der Waals surface area (Å²) in [5.74, 6) is -1.62. The molecular formula is C13H9ClFNO2. The molecule has 0 radical (unpaired) electrons. The summed E-state index contributed by atoms with van der Waals surface area (Å²) in [5.41, 5.74) is 0.575. The van der Waals surface area contributed by atoms with Crippen molar-refractivity contribution in [3.8, 4) is 0 Å². The van der Waals surface area contributed by atoms with Gasteiger partial charge in [0.2, 0.25) is 0 Å². The molecule has 2 rings (SSSR count). The van der Waals surface area contributed by atoms with Crippen molar-refractivity contribution in [2.24, 2.45) is 0 Å². The summed E-state index contributed by atoms with van der Waals surface area (Å²) in [6.07, 6.45) is 0. The molecule has 2 aromatic carbocycles. The van der Waals surface area contributed by atoms with Gasteiger partial charge in [-0.05, 0) is 30.3 Å². The predicted octanol–water partition coefficient (Wildman–Crippen LogP) is 3.92. The topological polar surface area (TPSA) is 49.3 Å². The molecule has 0 bridgehead atoms. The highest BCUT2D eigenvalue weighted by Crippen LogP contribution is 2.25. The molecule has 3 nitrogen and oxygen atoms in total. The molecule has 0 atom stereocenters. The smallest absolute Gasteiger partial charge is 0.337 e. The van der Waals surface area contributed by atoms with E-state index < -0.39 is 11.8 Å². The van der Waals surface area contributed by atoms with Crippen LogP contribution in [0.15, 0.2) is 42.5 Å². The first kappa shape index (κ1) is 12.4. The van der Waals surface area contributed by atoms with Crippen molar-refractivity contribution in [3.63, 3.8) is 0 Å². The fraction of sp³-hybridized carbons (Fsp3) is 0. The SMILES string of the molecule is O=C(O)c1ccccc1Nc1ccc(Cl)cc1F. The van der Waals surface area contributed by atoms with E-state index in [0.29, 0.717) is 5.69 Å². The number of rotatable bonds is 3. The van der Waals surface area contributed by atoms with Gasteiger partial charge in [0.1, 0.15) is 5.82 Å². The van der Waals surface area contributed by atoms with Crippen LogP contribution in [0.2, 0.25) is 5.02 Å². The maximum atomic E-state index is 13.6. The van der Waals surface area contributed by atoms with Crippen molar-refractivity contribution in [3.05, 3.63) is 58.9 Å². The van der Waals surface area contributed by atoms with Gasteiger partial charge in [0, 0.05) is 5.02 Å². The second-order valence-electron chi connectivity index (χ2n) is 3.60. The van der Waals surface area contributed by atoms with Crippen molar-refractivity contribution in [1.29, 1.82) is 0 Å². The van der Waals surface area contributed by atoms with E-state index in [4.69, 9.17) is 16.7 Å². The van der Waals surface area contributed by atoms with E-state index in [1.807, 2.05) is 0 Å². The van der Waals surface area contributed by atoms with Gasteiger partial charge in [0.25, 0.3) is 0 Å². The average Bonchev–Trinajstić information content (AvgIpc) is 2.33. The first-order chi connectivity index (χ1) is 8.58. The largest absolute Gasteiger partial charge is 0.478 e. The summed E-state index contributed by atoms with van der Waals surface area (Å²) in [6.45, 7) is 0. The Hall–Kier alpha value is -2.07. The Balaban J connectivity index is 2.37. The first-order valence-corrected chi connectivity index (χ1v) is 5.50. The second-order valence-corrected chi connectivity index (χ2v) is 4.04. The average molecular weight is 266 g/mol. The molecule has 0 aliphatic heterocycles. The number of carboxylic acid groups (broad SMARTS) is 1. The molecule has 0 aliphatic rings. The van der Waals surface area contributed by atoms with E-state index in [0.717, 1.165) is 6.07 Å². The first-order valence-electron chi connectivity index (χ1n) is 5.12. The summed E-state index contributed by atoms with van der Waals surface area (Å²) in [7, 11) is 0. The highest BCUT2D eigenvalue weighted by Gasteiger charge is 2.10. The Morgan fingerprint density at radius 3 is 2.56 bits per heavy atom. The molecule has 0 spiro atoms. The number of carbonyl (C=O) groups is 1. The van der Waals surface area contributed by atoms with Gasteiger partial charge in [0.15, 0.2) is 0 Å². The molecule has 0 aliphatic carbocycles. The lowest BCUT2D eigenvalue weighted by atomic mass is 10.1. The zero-order chi connectivity index (χ0) is 13.1. The van der Waals surface area contributed by atoms with Gasteiger partial charge in [0.05, 0.1) is 16.9 Å². The Labute approximate surface area is 108 Å². The standard InChI is InChI=1S/C13H9ClFNO2/c14-8-5-6-12(10(15)7-8)16-11-4-2-1-3-9(11)13(17)18/h1-7,16H,(H,17,18). The zero-order valence-electron chi connectivity index (χ0n) is 9.15. The molecule has 18 heavy (non-hydrogen) atoms. The zero-order valence-corrected chi connectivity index (χ0v) is 9.91. The molecule has 0 heterocycles. The van der Waals surface area contributed by atoms with Gasteiger partial charge in [-0.2, -0.15) is 0 Å². The fourth-order valence-electron chi connectivity index (χ4n) is 1.51.